The van der Waals surface area contributed by atoms with Gasteiger partial charge in [-0.25, -0.2) is 0 Å². The quantitative estimate of drug-likeness (QED) is 0.833. The first-order chi connectivity index (χ1) is 10.8. The molecule has 3 fully saturated rings. The number of piperidine rings is 3. The van der Waals surface area contributed by atoms with Crippen LogP contribution in [0.4, 0.5) is 0 Å². The summed E-state index contributed by atoms with van der Waals surface area (Å²) in [5, 5.41) is 12.1. The van der Waals surface area contributed by atoms with Crippen molar-refractivity contribution in [2.24, 2.45) is 11.8 Å². The Balaban J connectivity index is 0.00000104. The third-order valence-electron chi connectivity index (χ3n) is 5.52. The van der Waals surface area contributed by atoms with Crippen molar-refractivity contribution in [3.63, 3.8) is 0 Å². The molecule has 0 saturated carbocycles. The second-order valence-electron chi connectivity index (χ2n) is 6.61. The van der Waals surface area contributed by atoms with Crippen LogP contribution < -0.4 is 0 Å². The third kappa shape index (κ3) is 3.18. The zero-order valence-electron chi connectivity index (χ0n) is 13.5. The van der Waals surface area contributed by atoms with E-state index < -0.39 is 6.10 Å². The molecule has 1 aromatic carbocycles. The second kappa shape index (κ2) is 7.83. The number of aliphatic hydroxyl groups excluding tert-OH is 1. The van der Waals surface area contributed by atoms with Crippen LogP contribution >= 0.6 is 24.8 Å². The van der Waals surface area contributed by atoms with Crippen LogP contribution in [0.15, 0.2) is 49.2 Å². The molecule has 0 amide bonds. The molecule has 130 valence electrons. The lowest BCUT2D eigenvalue weighted by molar-refractivity contribution is -0.0444. The maximum Gasteiger partial charge on any atom is 0.0952 e. The SMILES string of the molecule is C=C[C@H]1C[N@]2CC[C@H]1C[C@@H]2[C@@H](O)c1ccnc2ccccc12.Cl.Cl. The van der Waals surface area contributed by atoms with E-state index in [2.05, 4.69) is 28.6 Å². The molecule has 3 aliphatic rings. The number of para-hydroxylation sites is 1. The zero-order valence-corrected chi connectivity index (χ0v) is 15.2. The van der Waals surface area contributed by atoms with Crippen molar-refractivity contribution < 1.29 is 5.11 Å². The van der Waals surface area contributed by atoms with Gasteiger partial charge in [-0.2, -0.15) is 0 Å². The Kier molecular flexibility index (Phi) is 6.27. The van der Waals surface area contributed by atoms with Crippen molar-refractivity contribution in [2.75, 3.05) is 13.1 Å². The van der Waals surface area contributed by atoms with Crippen LogP contribution in [0.3, 0.4) is 0 Å². The molecular weight excluding hydrogens is 343 g/mol. The van der Waals surface area contributed by atoms with E-state index >= 15 is 0 Å². The van der Waals surface area contributed by atoms with Crippen LogP contribution in [-0.4, -0.2) is 34.1 Å². The van der Waals surface area contributed by atoms with Gasteiger partial charge in [0.1, 0.15) is 0 Å². The van der Waals surface area contributed by atoms with E-state index in [1.807, 2.05) is 30.5 Å². The summed E-state index contributed by atoms with van der Waals surface area (Å²) in [6.45, 7) is 6.11. The summed E-state index contributed by atoms with van der Waals surface area (Å²) in [5.74, 6) is 1.27. The van der Waals surface area contributed by atoms with E-state index in [1.54, 1.807) is 0 Å². The Morgan fingerprint density at radius 2 is 2.04 bits per heavy atom. The van der Waals surface area contributed by atoms with Crippen molar-refractivity contribution >= 4 is 35.7 Å². The topological polar surface area (TPSA) is 36.4 Å². The molecule has 2 bridgehead atoms. The number of pyridine rings is 1. The standard InChI is InChI=1S/C19H22N2O.2ClH/c1-2-13-12-21-10-8-14(13)11-18(21)19(22)16-7-9-20-17-6-4-3-5-15(16)17;;/h2-7,9,13-14,18-19,22H,1,8,10-12H2;2*1H/t13-,14-,18+,19-;;/m0../s1. The van der Waals surface area contributed by atoms with E-state index in [9.17, 15) is 5.11 Å². The molecule has 0 radical (unpaired) electrons. The van der Waals surface area contributed by atoms with E-state index in [4.69, 9.17) is 0 Å². The van der Waals surface area contributed by atoms with Gasteiger partial charge in [0, 0.05) is 24.2 Å². The molecular formula is C19H24Cl2N2O. The zero-order chi connectivity index (χ0) is 15.1. The molecule has 1 N–H and O–H groups in total. The van der Waals surface area contributed by atoms with Crippen LogP contribution in [0.25, 0.3) is 10.9 Å². The minimum absolute atomic E-state index is 0. The van der Waals surface area contributed by atoms with Gasteiger partial charge in [-0.15, -0.1) is 31.4 Å². The normalized spacial score (nSPS) is 29.4. The van der Waals surface area contributed by atoms with Crippen LogP contribution in [0.1, 0.15) is 24.5 Å². The summed E-state index contributed by atoms with van der Waals surface area (Å²) in [7, 11) is 0. The highest BCUT2D eigenvalue weighted by atomic mass is 35.5. The Labute approximate surface area is 155 Å². The lowest BCUT2D eigenvalue weighted by atomic mass is 9.73. The molecule has 3 aliphatic heterocycles. The minimum Gasteiger partial charge on any atom is -0.387 e. The van der Waals surface area contributed by atoms with Crippen molar-refractivity contribution in [2.45, 2.75) is 25.0 Å². The highest BCUT2D eigenvalue weighted by Gasteiger charge is 2.42. The molecule has 3 saturated heterocycles. The highest BCUT2D eigenvalue weighted by molar-refractivity contribution is 5.85. The van der Waals surface area contributed by atoms with Crippen molar-refractivity contribution in [1.29, 1.82) is 0 Å². The van der Waals surface area contributed by atoms with Gasteiger partial charge in [0.2, 0.25) is 0 Å². The Morgan fingerprint density at radius 3 is 2.75 bits per heavy atom. The Hall–Kier alpha value is -1.13. The average molecular weight is 367 g/mol. The molecule has 0 unspecified atom stereocenters. The number of halogens is 2. The number of fused-ring (bicyclic) bond motifs is 4. The first-order valence-electron chi connectivity index (χ1n) is 8.16. The number of rotatable bonds is 3. The Bertz CT molecular complexity index is 703. The number of hydrogen-bond donors (Lipinski definition) is 1. The van der Waals surface area contributed by atoms with Gasteiger partial charge in [-0.1, -0.05) is 24.3 Å². The lowest BCUT2D eigenvalue weighted by Gasteiger charge is -2.50. The molecule has 24 heavy (non-hydrogen) atoms. The molecule has 2 aromatic rings. The number of hydrogen-bond acceptors (Lipinski definition) is 3. The maximum absolute atomic E-state index is 11.0. The van der Waals surface area contributed by atoms with Crippen LogP contribution in [0.5, 0.6) is 0 Å². The van der Waals surface area contributed by atoms with Crippen molar-refractivity contribution in [1.82, 2.24) is 9.88 Å². The van der Waals surface area contributed by atoms with Gasteiger partial charge in [-0.3, -0.25) is 9.88 Å². The summed E-state index contributed by atoms with van der Waals surface area (Å²) in [4.78, 5) is 6.86. The smallest absolute Gasteiger partial charge is 0.0952 e. The summed E-state index contributed by atoms with van der Waals surface area (Å²) in [6.07, 6.45) is 5.76. The number of aromatic nitrogens is 1. The predicted octanol–water partition coefficient (Wildman–Crippen LogP) is 4.01. The molecule has 5 atom stereocenters. The van der Waals surface area contributed by atoms with E-state index in [1.165, 1.54) is 6.42 Å². The highest BCUT2D eigenvalue weighted by Crippen LogP contribution is 2.41. The van der Waals surface area contributed by atoms with Gasteiger partial charge >= 0.3 is 0 Å². The average Bonchev–Trinajstić information content (AvgIpc) is 2.60. The molecule has 5 rings (SSSR count). The van der Waals surface area contributed by atoms with Gasteiger partial charge in [0.05, 0.1) is 11.6 Å². The fraction of sp³-hybridized carbons (Fsp3) is 0.421. The number of nitrogens with zero attached hydrogens (tertiary/aromatic N) is 2. The molecule has 0 aliphatic carbocycles. The monoisotopic (exact) mass is 366 g/mol. The van der Waals surface area contributed by atoms with E-state index in [0.29, 0.717) is 11.8 Å². The minimum atomic E-state index is -0.443. The first kappa shape index (κ1) is 19.2. The largest absolute Gasteiger partial charge is 0.387 e. The molecule has 5 heteroatoms. The van der Waals surface area contributed by atoms with Crippen LogP contribution in [-0.2, 0) is 0 Å². The Morgan fingerprint density at radius 1 is 1.25 bits per heavy atom. The molecule has 4 heterocycles. The van der Waals surface area contributed by atoms with Crippen LogP contribution in [0.2, 0.25) is 0 Å². The summed E-state index contributed by atoms with van der Waals surface area (Å²) >= 11 is 0. The van der Waals surface area contributed by atoms with Crippen molar-refractivity contribution in [3.8, 4) is 0 Å². The second-order valence-corrected chi connectivity index (χ2v) is 6.61. The predicted molar refractivity (Wildman–Crippen MR) is 103 cm³/mol. The first-order valence-corrected chi connectivity index (χ1v) is 8.16. The fourth-order valence-corrected chi connectivity index (χ4v) is 4.29. The van der Waals surface area contributed by atoms with E-state index in [0.717, 1.165) is 36.0 Å². The fourth-order valence-electron chi connectivity index (χ4n) is 4.29. The lowest BCUT2D eigenvalue weighted by Crippen LogP contribution is -2.54. The molecule has 0 spiro atoms. The summed E-state index contributed by atoms with van der Waals surface area (Å²) < 4.78 is 0. The molecule has 1 aromatic heterocycles. The van der Waals surface area contributed by atoms with Crippen LogP contribution in [0, 0.1) is 11.8 Å². The number of benzene rings is 1. The van der Waals surface area contributed by atoms with E-state index in [-0.39, 0.29) is 30.9 Å². The number of aliphatic hydroxyl groups is 1. The third-order valence-corrected chi connectivity index (χ3v) is 5.52. The van der Waals surface area contributed by atoms with Gasteiger partial charge < -0.3 is 5.11 Å². The van der Waals surface area contributed by atoms with Gasteiger partial charge in [0.15, 0.2) is 0 Å². The summed E-state index contributed by atoms with van der Waals surface area (Å²) in [6, 6.07) is 10.3. The molecule has 3 nitrogen and oxygen atoms in total. The van der Waals surface area contributed by atoms with Crippen molar-refractivity contribution in [3.05, 3.63) is 54.7 Å². The maximum atomic E-state index is 11.0. The summed E-state index contributed by atoms with van der Waals surface area (Å²) in [5.41, 5.74) is 1.97. The van der Waals surface area contributed by atoms with Gasteiger partial charge in [-0.05, 0) is 48.9 Å². The van der Waals surface area contributed by atoms with Gasteiger partial charge in [0.25, 0.3) is 0 Å².